The summed E-state index contributed by atoms with van der Waals surface area (Å²) in [6.45, 7) is 0.0329. The topological polar surface area (TPSA) is 104 Å². The highest BCUT2D eigenvalue weighted by atomic mass is 32.3. The molecule has 2 aromatic rings. The van der Waals surface area contributed by atoms with Crippen molar-refractivity contribution in [3.05, 3.63) is 42.5 Å². The van der Waals surface area contributed by atoms with Gasteiger partial charge in [-0.2, -0.15) is 8.42 Å². The Hall–Kier alpha value is -1.67. The van der Waals surface area contributed by atoms with Crippen molar-refractivity contribution < 1.29 is 27.4 Å². The van der Waals surface area contributed by atoms with Crippen LogP contribution in [0.1, 0.15) is 0 Å². The van der Waals surface area contributed by atoms with E-state index in [-0.39, 0.29) is 13.2 Å². The molecular formula is C12H13O6S. The lowest BCUT2D eigenvalue weighted by Gasteiger charge is -2.04. The molecule has 2 N–H and O–H groups in total. The van der Waals surface area contributed by atoms with E-state index in [4.69, 9.17) is 22.3 Å². The molecular weight excluding hydrogens is 272 g/mol. The summed E-state index contributed by atoms with van der Waals surface area (Å²) in [6, 6.07) is 13.9. The predicted octanol–water partition coefficient (Wildman–Crippen LogP) is 2.00. The Morgan fingerprint density at radius 1 is 1.00 bits per heavy atom. The van der Waals surface area contributed by atoms with Gasteiger partial charge in [0.05, 0.1) is 0 Å². The first kappa shape index (κ1) is 15.4. The molecule has 2 aromatic carbocycles. The van der Waals surface area contributed by atoms with E-state index in [1.54, 1.807) is 0 Å². The Balaban J connectivity index is 0.000000312. The lowest BCUT2D eigenvalue weighted by atomic mass is 10.1. The van der Waals surface area contributed by atoms with Gasteiger partial charge in [-0.25, -0.2) is 5.11 Å². The summed E-state index contributed by atoms with van der Waals surface area (Å²) in [6.07, 6.45) is 0. The van der Waals surface area contributed by atoms with Crippen LogP contribution in [0.3, 0.4) is 0 Å². The lowest BCUT2D eigenvalue weighted by Crippen LogP contribution is -2.00. The largest absolute Gasteiger partial charge is 0.491 e. The van der Waals surface area contributed by atoms with Crippen LogP contribution < -0.4 is 4.74 Å². The minimum absolute atomic E-state index is 0.202. The van der Waals surface area contributed by atoms with Crippen LogP contribution in [-0.2, 0) is 15.5 Å². The first-order chi connectivity index (χ1) is 8.90. The molecule has 0 aliphatic rings. The molecule has 0 heterocycles. The van der Waals surface area contributed by atoms with Crippen molar-refractivity contribution >= 4 is 21.2 Å². The number of rotatable bonds is 3. The van der Waals surface area contributed by atoms with E-state index in [1.165, 1.54) is 5.39 Å². The molecule has 103 valence electrons. The van der Waals surface area contributed by atoms with Crippen molar-refractivity contribution in [3.63, 3.8) is 0 Å². The maximum absolute atomic E-state index is 10.2. The van der Waals surface area contributed by atoms with Crippen molar-refractivity contribution in [1.82, 2.24) is 0 Å². The van der Waals surface area contributed by atoms with Gasteiger partial charge in [0.25, 0.3) is 0 Å². The molecule has 19 heavy (non-hydrogen) atoms. The zero-order valence-electron chi connectivity index (χ0n) is 9.89. The molecule has 0 fully saturated rings. The second-order valence-corrected chi connectivity index (χ2v) is 4.41. The van der Waals surface area contributed by atoms with E-state index in [2.05, 4.69) is 0 Å². The van der Waals surface area contributed by atoms with Gasteiger partial charge < -0.3 is 4.74 Å². The van der Waals surface area contributed by atoms with Gasteiger partial charge in [0.1, 0.15) is 19.0 Å². The Labute approximate surface area is 110 Å². The maximum atomic E-state index is 10.2. The molecule has 0 saturated carbocycles. The minimum Gasteiger partial charge on any atom is -0.491 e. The van der Waals surface area contributed by atoms with Crippen molar-refractivity contribution in [2.24, 2.45) is 0 Å². The van der Waals surface area contributed by atoms with Crippen molar-refractivity contribution in [3.8, 4) is 5.75 Å². The minimum atomic E-state index is -4.67. The van der Waals surface area contributed by atoms with Crippen LogP contribution in [-0.4, -0.2) is 30.7 Å². The first-order valence-corrected chi connectivity index (χ1v) is 6.69. The molecule has 2 rings (SSSR count). The first-order valence-electron chi connectivity index (χ1n) is 5.30. The molecule has 0 saturated heterocycles. The second kappa shape index (κ2) is 7.05. The average Bonchev–Trinajstić information content (AvgIpc) is 2.34. The molecule has 0 aliphatic heterocycles. The van der Waals surface area contributed by atoms with E-state index >= 15 is 0 Å². The molecule has 7 heteroatoms. The van der Waals surface area contributed by atoms with E-state index in [9.17, 15) is 5.11 Å². The fraction of sp³-hybridized carbons (Fsp3) is 0.167. The molecule has 0 aliphatic carbocycles. The summed E-state index contributed by atoms with van der Waals surface area (Å²) in [5, 5.41) is 12.6. The molecule has 0 spiro atoms. The fourth-order valence-electron chi connectivity index (χ4n) is 1.42. The summed E-state index contributed by atoms with van der Waals surface area (Å²) in [5.74, 6) is 0.763. The molecule has 0 unspecified atom stereocenters. The van der Waals surface area contributed by atoms with E-state index < -0.39 is 10.4 Å². The monoisotopic (exact) mass is 285 g/mol. The van der Waals surface area contributed by atoms with Gasteiger partial charge in [-0.05, 0) is 22.9 Å². The summed E-state index contributed by atoms with van der Waals surface area (Å²) in [5.41, 5.74) is 0. The fourth-order valence-corrected chi connectivity index (χ4v) is 1.42. The van der Waals surface area contributed by atoms with Crippen LogP contribution in [0.25, 0.3) is 10.8 Å². The molecule has 1 radical (unpaired) electrons. The van der Waals surface area contributed by atoms with Gasteiger partial charge >= 0.3 is 10.4 Å². The maximum Gasteiger partial charge on any atom is 0.394 e. The summed E-state index contributed by atoms with van der Waals surface area (Å²) in [7, 11) is -4.67. The Bertz CT molecular complexity index is 615. The van der Waals surface area contributed by atoms with Crippen LogP contribution in [0.2, 0.25) is 0 Å². The Morgan fingerprint density at radius 2 is 1.58 bits per heavy atom. The normalized spacial score (nSPS) is 10.7. The van der Waals surface area contributed by atoms with E-state index in [0.717, 1.165) is 11.1 Å². The number of hydrogen-bond donors (Lipinski definition) is 2. The van der Waals surface area contributed by atoms with Gasteiger partial charge in [-0.1, -0.05) is 30.3 Å². The number of fused-ring (bicyclic) bond motifs is 1. The SMILES string of the molecule is O=S(=O)(O)O.[O]CCOc1ccc2ccccc2c1. The number of benzene rings is 2. The highest BCUT2D eigenvalue weighted by Gasteiger charge is 1.95. The quantitative estimate of drug-likeness (QED) is 0.839. The molecule has 0 amide bonds. The van der Waals surface area contributed by atoms with Crippen LogP contribution in [0.5, 0.6) is 5.75 Å². The van der Waals surface area contributed by atoms with Crippen LogP contribution >= 0.6 is 0 Å². The van der Waals surface area contributed by atoms with Crippen molar-refractivity contribution in [2.75, 3.05) is 13.2 Å². The van der Waals surface area contributed by atoms with Crippen LogP contribution in [0, 0.1) is 0 Å². The van der Waals surface area contributed by atoms with Crippen LogP contribution in [0.15, 0.2) is 42.5 Å². The average molecular weight is 285 g/mol. The van der Waals surface area contributed by atoms with Crippen LogP contribution in [0.4, 0.5) is 0 Å². The smallest absolute Gasteiger partial charge is 0.394 e. The van der Waals surface area contributed by atoms with Gasteiger partial charge in [0.15, 0.2) is 0 Å². The number of hydrogen-bond acceptors (Lipinski definition) is 3. The van der Waals surface area contributed by atoms with Crippen molar-refractivity contribution in [1.29, 1.82) is 0 Å². The van der Waals surface area contributed by atoms with Gasteiger partial charge in [0, 0.05) is 0 Å². The zero-order chi connectivity index (χ0) is 14.3. The second-order valence-electron chi connectivity index (χ2n) is 3.51. The lowest BCUT2D eigenvalue weighted by molar-refractivity contribution is 0.138. The highest BCUT2D eigenvalue weighted by Crippen LogP contribution is 2.20. The molecule has 0 bridgehead atoms. The summed E-state index contributed by atoms with van der Waals surface area (Å²) < 4.78 is 36.8. The third kappa shape index (κ3) is 6.73. The molecule has 6 nitrogen and oxygen atoms in total. The zero-order valence-corrected chi connectivity index (χ0v) is 10.7. The number of ether oxygens (including phenoxy) is 1. The Kier molecular flexibility index (Phi) is 5.71. The van der Waals surface area contributed by atoms with Crippen molar-refractivity contribution in [2.45, 2.75) is 0 Å². The standard InChI is InChI=1S/C12H11O2.H2O4S/c13-7-8-14-12-6-5-10-3-1-2-4-11(10)9-12;1-5(2,3)4/h1-6,9H,7-8H2;(H2,1,2,3,4). The third-order valence-electron chi connectivity index (χ3n) is 2.07. The summed E-state index contributed by atoms with van der Waals surface area (Å²) >= 11 is 0. The predicted molar refractivity (Wildman–Crippen MR) is 69.2 cm³/mol. The van der Waals surface area contributed by atoms with E-state index in [1.807, 2.05) is 42.5 Å². The summed E-state index contributed by atoms with van der Waals surface area (Å²) in [4.78, 5) is 0. The molecule has 0 aromatic heterocycles. The Morgan fingerprint density at radius 3 is 2.16 bits per heavy atom. The molecule has 0 atom stereocenters. The highest BCUT2D eigenvalue weighted by molar-refractivity contribution is 7.79. The third-order valence-corrected chi connectivity index (χ3v) is 2.07. The van der Waals surface area contributed by atoms with Gasteiger partial charge in [-0.3, -0.25) is 9.11 Å². The van der Waals surface area contributed by atoms with Gasteiger partial charge in [-0.15, -0.1) is 0 Å². The van der Waals surface area contributed by atoms with Gasteiger partial charge in [0.2, 0.25) is 0 Å². The van der Waals surface area contributed by atoms with E-state index in [0.29, 0.717) is 0 Å².